The van der Waals surface area contributed by atoms with E-state index in [1.807, 2.05) is 0 Å². The number of nitrogens with one attached hydrogen (secondary N) is 2. The predicted octanol–water partition coefficient (Wildman–Crippen LogP) is 0.727. The lowest BCUT2D eigenvalue weighted by molar-refractivity contribution is -0.144. The highest BCUT2D eigenvalue weighted by atomic mass is 16.5. The van der Waals surface area contributed by atoms with Crippen LogP contribution in [0.3, 0.4) is 0 Å². The van der Waals surface area contributed by atoms with Gasteiger partial charge >= 0.3 is 12.0 Å². The zero-order valence-electron chi connectivity index (χ0n) is 9.97. The minimum atomic E-state index is -1.20. The first kappa shape index (κ1) is 12.4. The molecular weight excluding hydrogens is 238 g/mol. The van der Waals surface area contributed by atoms with E-state index in [9.17, 15) is 14.7 Å². The molecule has 1 aliphatic carbocycles. The smallest absolute Gasteiger partial charge is 0.329 e. The Morgan fingerprint density at radius 1 is 1.61 bits per heavy atom. The van der Waals surface area contributed by atoms with Gasteiger partial charge in [-0.25, -0.2) is 9.59 Å². The van der Waals surface area contributed by atoms with Crippen LogP contribution in [0.1, 0.15) is 25.5 Å². The molecule has 7 nitrogen and oxygen atoms in total. The Hall–Kier alpha value is -2.05. The van der Waals surface area contributed by atoms with Crippen molar-refractivity contribution in [1.29, 1.82) is 0 Å². The molecule has 18 heavy (non-hydrogen) atoms. The number of carbonyl (C=O) groups excluding carboxylic acids is 1. The maximum absolute atomic E-state index is 11.6. The van der Waals surface area contributed by atoms with E-state index in [2.05, 4.69) is 15.8 Å². The SMILES string of the molecule is CC(NC(=O)NCc1ccno1)(C(=O)O)C1CC1. The van der Waals surface area contributed by atoms with Gasteiger partial charge < -0.3 is 20.3 Å². The summed E-state index contributed by atoms with van der Waals surface area (Å²) in [7, 11) is 0. The summed E-state index contributed by atoms with van der Waals surface area (Å²) in [6, 6.07) is 1.10. The number of carbonyl (C=O) groups is 2. The maximum atomic E-state index is 11.6. The Morgan fingerprint density at radius 3 is 2.83 bits per heavy atom. The van der Waals surface area contributed by atoms with Gasteiger partial charge in [0.15, 0.2) is 5.76 Å². The van der Waals surface area contributed by atoms with Crippen LogP contribution in [0.25, 0.3) is 0 Å². The highest BCUT2D eigenvalue weighted by Crippen LogP contribution is 2.39. The first-order chi connectivity index (χ1) is 8.52. The third kappa shape index (κ3) is 2.61. The summed E-state index contributed by atoms with van der Waals surface area (Å²) in [5.74, 6) is -0.501. The Kier molecular flexibility index (Phi) is 3.22. The third-order valence-corrected chi connectivity index (χ3v) is 3.13. The fourth-order valence-electron chi connectivity index (χ4n) is 1.77. The van der Waals surface area contributed by atoms with E-state index in [0.29, 0.717) is 5.76 Å². The monoisotopic (exact) mass is 253 g/mol. The van der Waals surface area contributed by atoms with Gasteiger partial charge in [0.1, 0.15) is 5.54 Å². The van der Waals surface area contributed by atoms with E-state index < -0.39 is 17.5 Å². The van der Waals surface area contributed by atoms with Gasteiger partial charge in [-0.3, -0.25) is 0 Å². The molecule has 1 aromatic heterocycles. The maximum Gasteiger partial charge on any atom is 0.329 e. The normalized spacial score (nSPS) is 17.8. The molecule has 1 unspecified atom stereocenters. The Morgan fingerprint density at radius 2 is 2.33 bits per heavy atom. The minimum Gasteiger partial charge on any atom is -0.480 e. The number of rotatable bonds is 5. The minimum absolute atomic E-state index is 0.00558. The fourth-order valence-corrected chi connectivity index (χ4v) is 1.77. The van der Waals surface area contributed by atoms with Crippen LogP contribution in [0.2, 0.25) is 0 Å². The summed E-state index contributed by atoms with van der Waals surface area (Å²) >= 11 is 0. The van der Waals surface area contributed by atoms with Crippen molar-refractivity contribution in [2.75, 3.05) is 0 Å². The van der Waals surface area contributed by atoms with Crippen molar-refractivity contribution in [3.05, 3.63) is 18.0 Å². The quantitative estimate of drug-likeness (QED) is 0.717. The molecule has 1 fully saturated rings. The van der Waals surface area contributed by atoms with E-state index in [1.165, 1.54) is 13.1 Å². The second-order valence-electron chi connectivity index (χ2n) is 4.57. The molecule has 0 saturated heterocycles. The van der Waals surface area contributed by atoms with E-state index >= 15 is 0 Å². The van der Waals surface area contributed by atoms with Crippen LogP contribution in [0.4, 0.5) is 4.79 Å². The lowest BCUT2D eigenvalue weighted by Crippen LogP contribution is -2.56. The van der Waals surface area contributed by atoms with Crippen molar-refractivity contribution in [2.45, 2.75) is 31.8 Å². The van der Waals surface area contributed by atoms with Gasteiger partial charge in [0, 0.05) is 6.07 Å². The molecule has 2 rings (SSSR count). The molecule has 3 N–H and O–H groups in total. The van der Waals surface area contributed by atoms with Crippen molar-refractivity contribution >= 4 is 12.0 Å². The summed E-state index contributed by atoms with van der Waals surface area (Å²) < 4.78 is 4.81. The van der Waals surface area contributed by atoms with Crippen LogP contribution >= 0.6 is 0 Å². The molecule has 1 heterocycles. The number of aliphatic carboxylic acids is 1. The number of hydrogen-bond acceptors (Lipinski definition) is 4. The summed E-state index contributed by atoms with van der Waals surface area (Å²) in [4.78, 5) is 22.8. The number of urea groups is 1. The molecule has 0 aliphatic heterocycles. The van der Waals surface area contributed by atoms with Crippen molar-refractivity contribution in [3.63, 3.8) is 0 Å². The molecule has 0 radical (unpaired) electrons. The largest absolute Gasteiger partial charge is 0.480 e. The first-order valence-corrected chi connectivity index (χ1v) is 5.71. The Labute approximate surface area is 104 Å². The van der Waals surface area contributed by atoms with Crippen LogP contribution in [0, 0.1) is 5.92 Å². The Balaban J connectivity index is 1.87. The lowest BCUT2D eigenvalue weighted by atomic mass is 9.96. The van der Waals surface area contributed by atoms with Crippen LogP contribution < -0.4 is 10.6 Å². The lowest BCUT2D eigenvalue weighted by Gasteiger charge is -2.26. The Bertz CT molecular complexity index is 441. The molecule has 7 heteroatoms. The second kappa shape index (κ2) is 4.67. The molecule has 98 valence electrons. The highest BCUT2D eigenvalue weighted by molar-refractivity contribution is 5.86. The summed E-state index contributed by atoms with van der Waals surface area (Å²) in [5.41, 5.74) is -1.20. The zero-order chi connectivity index (χ0) is 13.2. The average molecular weight is 253 g/mol. The zero-order valence-corrected chi connectivity index (χ0v) is 9.97. The van der Waals surface area contributed by atoms with Crippen molar-refractivity contribution < 1.29 is 19.2 Å². The van der Waals surface area contributed by atoms with Crippen molar-refractivity contribution in [1.82, 2.24) is 15.8 Å². The fraction of sp³-hybridized carbons (Fsp3) is 0.545. The number of carboxylic acid groups (broad SMARTS) is 1. The molecule has 0 aromatic carbocycles. The number of nitrogens with zero attached hydrogens (tertiary/aromatic N) is 1. The number of aromatic nitrogens is 1. The van der Waals surface area contributed by atoms with Crippen molar-refractivity contribution in [2.24, 2.45) is 5.92 Å². The molecule has 0 spiro atoms. The van der Waals surface area contributed by atoms with E-state index in [4.69, 9.17) is 4.52 Å². The van der Waals surface area contributed by atoms with Gasteiger partial charge in [-0.1, -0.05) is 5.16 Å². The summed E-state index contributed by atoms with van der Waals surface area (Å²) in [5, 5.41) is 17.7. The predicted molar refractivity (Wildman–Crippen MR) is 60.6 cm³/mol. The van der Waals surface area contributed by atoms with Gasteiger partial charge in [0.2, 0.25) is 0 Å². The molecule has 1 aliphatic rings. The topological polar surface area (TPSA) is 104 Å². The van der Waals surface area contributed by atoms with Gasteiger partial charge in [-0.05, 0) is 25.7 Å². The molecule has 1 aromatic rings. The first-order valence-electron chi connectivity index (χ1n) is 5.71. The van der Waals surface area contributed by atoms with Crippen LogP contribution in [-0.2, 0) is 11.3 Å². The standard InChI is InChI=1S/C11H15N3O4/c1-11(9(15)16,7-2-3-7)14-10(17)12-6-8-4-5-13-18-8/h4-5,7H,2-3,6H2,1H3,(H,15,16)(H2,12,14,17). The van der Waals surface area contributed by atoms with Crippen LogP contribution in [0.5, 0.6) is 0 Å². The number of hydrogen-bond donors (Lipinski definition) is 3. The number of amides is 2. The summed E-state index contributed by atoms with van der Waals surface area (Å²) in [6.45, 7) is 1.70. The molecule has 1 atom stereocenters. The van der Waals surface area contributed by atoms with E-state index in [0.717, 1.165) is 12.8 Å². The second-order valence-corrected chi connectivity index (χ2v) is 4.57. The van der Waals surface area contributed by atoms with Gasteiger partial charge in [-0.15, -0.1) is 0 Å². The molecule has 0 bridgehead atoms. The average Bonchev–Trinajstić information content (AvgIpc) is 3.04. The van der Waals surface area contributed by atoms with Crippen LogP contribution in [-0.4, -0.2) is 27.8 Å². The van der Waals surface area contributed by atoms with Gasteiger partial charge in [-0.2, -0.15) is 0 Å². The van der Waals surface area contributed by atoms with Gasteiger partial charge in [0.05, 0.1) is 12.7 Å². The molecular formula is C11H15N3O4. The third-order valence-electron chi connectivity index (χ3n) is 3.13. The highest BCUT2D eigenvalue weighted by Gasteiger charge is 2.48. The summed E-state index contributed by atoms with van der Waals surface area (Å²) in [6.07, 6.45) is 3.12. The van der Waals surface area contributed by atoms with Crippen molar-refractivity contribution in [3.8, 4) is 0 Å². The number of carboxylic acids is 1. The van der Waals surface area contributed by atoms with Crippen LogP contribution in [0.15, 0.2) is 16.8 Å². The van der Waals surface area contributed by atoms with E-state index in [-0.39, 0.29) is 12.5 Å². The van der Waals surface area contributed by atoms with E-state index in [1.54, 1.807) is 6.07 Å². The molecule has 1 saturated carbocycles. The van der Waals surface area contributed by atoms with Gasteiger partial charge in [0.25, 0.3) is 0 Å². The molecule has 2 amide bonds.